The van der Waals surface area contributed by atoms with E-state index in [0.717, 1.165) is 36.1 Å². The summed E-state index contributed by atoms with van der Waals surface area (Å²) in [4.78, 5) is 18.7. The molecule has 1 amide bonds. The van der Waals surface area contributed by atoms with Crippen LogP contribution >= 0.6 is 15.9 Å². The van der Waals surface area contributed by atoms with Crippen molar-refractivity contribution in [3.63, 3.8) is 0 Å². The number of terminal acetylenes is 1. The number of carbonyl (C=O) groups excluding carboxylic acids is 1. The van der Waals surface area contributed by atoms with Crippen LogP contribution < -0.4 is 5.32 Å². The van der Waals surface area contributed by atoms with Crippen molar-refractivity contribution in [1.29, 1.82) is 0 Å². The highest BCUT2D eigenvalue weighted by Crippen LogP contribution is 2.20. The van der Waals surface area contributed by atoms with Crippen LogP contribution in [0.2, 0.25) is 0 Å². The molecule has 0 radical (unpaired) electrons. The number of carbonyl (C=O) groups is 1. The lowest BCUT2D eigenvalue weighted by Crippen LogP contribution is -2.38. The number of hydrogen-bond acceptors (Lipinski definition) is 3. The minimum Gasteiger partial charge on any atom is -0.310 e. The quantitative estimate of drug-likeness (QED) is 0.863. The first-order valence-electron chi connectivity index (χ1n) is 6.70. The van der Waals surface area contributed by atoms with Gasteiger partial charge in [0, 0.05) is 10.4 Å². The maximum absolute atomic E-state index is 12.2. The average Bonchev–Trinajstić information content (AvgIpc) is 2.44. The zero-order valence-electron chi connectivity index (χ0n) is 11.5. The highest BCUT2D eigenvalue weighted by atomic mass is 79.9. The number of pyridine rings is 1. The molecule has 1 aliphatic rings. The maximum Gasteiger partial charge on any atom is 0.228 e. The number of halogens is 1. The Morgan fingerprint density at radius 3 is 2.85 bits per heavy atom. The second-order valence-corrected chi connectivity index (χ2v) is 5.86. The predicted molar refractivity (Wildman–Crippen MR) is 83.3 cm³/mol. The van der Waals surface area contributed by atoms with Crippen LogP contribution in [0.15, 0.2) is 16.6 Å². The summed E-state index contributed by atoms with van der Waals surface area (Å²) in [6, 6.07) is 3.70. The number of nitrogens with one attached hydrogen (secondary N) is 1. The first-order valence-corrected chi connectivity index (χ1v) is 7.49. The van der Waals surface area contributed by atoms with Crippen LogP contribution in [0.3, 0.4) is 0 Å². The normalized spacial score (nSPS) is 16.6. The molecule has 4 nitrogen and oxygen atoms in total. The van der Waals surface area contributed by atoms with E-state index in [4.69, 9.17) is 6.42 Å². The summed E-state index contributed by atoms with van der Waals surface area (Å²) in [6.45, 7) is 4.34. The van der Waals surface area contributed by atoms with E-state index in [2.05, 4.69) is 37.1 Å². The van der Waals surface area contributed by atoms with Crippen molar-refractivity contribution in [2.45, 2.75) is 19.8 Å². The smallest absolute Gasteiger partial charge is 0.228 e. The first kappa shape index (κ1) is 15.0. The van der Waals surface area contributed by atoms with Gasteiger partial charge in [0.25, 0.3) is 0 Å². The number of aryl methyl sites for hydroxylation is 1. The second kappa shape index (κ2) is 6.87. The SMILES string of the molecule is C#CCN1CCC(C(=O)Nc2ccc(Br)c(C)n2)CC1. The molecule has 1 fully saturated rings. The van der Waals surface area contributed by atoms with Gasteiger partial charge in [0.1, 0.15) is 5.82 Å². The third-order valence-electron chi connectivity index (χ3n) is 3.55. The van der Waals surface area contributed by atoms with Crippen LogP contribution in [0.1, 0.15) is 18.5 Å². The summed E-state index contributed by atoms with van der Waals surface area (Å²) in [5, 5.41) is 2.90. The summed E-state index contributed by atoms with van der Waals surface area (Å²) in [5.41, 5.74) is 0.867. The van der Waals surface area contributed by atoms with Crippen LogP contribution in [-0.2, 0) is 4.79 Å². The van der Waals surface area contributed by atoms with Crippen LogP contribution in [0.5, 0.6) is 0 Å². The number of likely N-dealkylation sites (tertiary alicyclic amines) is 1. The molecule has 0 saturated carbocycles. The molecule has 5 heteroatoms. The van der Waals surface area contributed by atoms with Gasteiger partial charge in [-0.1, -0.05) is 5.92 Å². The van der Waals surface area contributed by atoms with Crippen molar-refractivity contribution < 1.29 is 4.79 Å². The predicted octanol–water partition coefficient (Wildman–Crippen LogP) is 2.44. The van der Waals surface area contributed by atoms with Gasteiger partial charge in [-0.2, -0.15) is 0 Å². The summed E-state index contributed by atoms with van der Waals surface area (Å²) in [5.74, 6) is 3.36. The lowest BCUT2D eigenvalue weighted by molar-refractivity contribution is -0.121. The monoisotopic (exact) mass is 335 g/mol. The average molecular weight is 336 g/mol. The third kappa shape index (κ3) is 3.81. The minimum atomic E-state index is 0.0507. The Bertz CT molecular complexity index is 530. The fourth-order valence-corrected chi connectivity index (χ4v) is 2.55. The van der Waals surface area contributed by atoms with Crippen molar-refractivity contribution in [3.8, 4) is 12.3 Å². The van der Waals surface area contributed by atoms with E-state index >= 15 is 0 Å². The Morgan fingerprint density at radius 1 is 1.55 bits per heavy atom. The van der Waals surface area contributed by atoms with Crippen molar-refractivity contribution in [3.05, 3.63) is 22.3 Å². The molecule has 2 heterocycles. The Morgan fingerprint density at radius 2 is 2.25 bits per heavy atom. The largest absolute Gasteiger partial charge is 0.310 e. The number of piperidine rings is 1. The van der Waals surface area contributed by atoms with Gasteiger partial charge in [-0.25, -0.2) is 4.98 Å². The molecule has 1 N–H and O–H groups in total. The molecule has 106 valence electrons. The molecular weight excluding hydrogens is 318 g/mol. The van der Waals surface area contributed by atoms with E-state index in [1.54, 1.807) is 0 Å². The van der Waals surface area contributed by atoms with Gasteiger partial charge in [0.05, 0.1) is 12.2 Å². The van der Waals surface area contributed by atoms with Crippen molar-refractivity contribution in [2.75, 3.05) is 25.0 Å². The number of rotatable bonds is 3. The summed E-state index contributed by atoms with van der Waals surface area (Å²) in [7, 11) is 0. The van der Waals surface area contributed by atoms with E-state index in [1.165, 1.54) is 0 Å². The lowest BCUT2D eigenvalue weighted by atomic mass is 9.96. The number of amides is 1. The third-order valence-corrected chi connectivity index (χ3v) is 4.38. The minimum absolute atomic E-state index is 0.0507. The van der Waals surface area contributed by atoms with Gasteiger partial charge < -0.3 is 5.32 Å². The lowest BCUT2D eigenvalue weighted by Gasteiger charge is -2.29. The van der Waals surface area contributed by atoms with Crippen molar-refractivity contribution in [1.82, 2.24) is 9.88 Å². The molecule has 0 bridgehead atoms. The standard InChI is InChI=1S/C15H18BrN3O/c1-3-8-19-9-6-12(7-10-19)15(20)18-14-5-4-13(16)11(2)17-14/h1,4-5,12H,6-10H2,2H3,(H,17,18,20). The molecule has 0 spiro atoms. The zero-order chi connectivity index (χ0) is 14.5. The Kier molecular flexibility index (Phi) is 5.16. The number of hydrogen-bond donors (Lipinski definition) is 1. The maximum atomic E-state index is 12.2. The molecular formula is C15H18BrN3O. The molecule has 0 aromatic carbocycles. The van der Waals surface area contributed by atoms with E-state index in [-0.39, 0.29) is 11.8 Å². The summed E-state index contributed by atoms with van der Waals surface area (Å²) in [6.07, 6.45) is 7.00. The van der Waals surface area contributed by atoms with Gasteiger partial charge in [-0.3, -0.25) is 9.69 Å². The second-order valence-electron chi connectivity index (χ2n) is 5.01. The molecule has 1 aromatic heterocycles. The van der Waals surface area contributed by atoms with E-state index in [0.29, 0.717) is 12.4 Å². The zero-order valence-corrected chi connectivity index (χ0v) is 13.1. The van der Waals surface area contributed by atoms with Gasteiger partial charge >= 0.3 is 0 Å². The topological polar surface area (TPSA) is 45.2 Å². The fourth-order valence-electron chi connectivity index (χ4n) is 2.32. The Labute approximate surface area is 128 Å². The molecule has 0 atom stereocenters. The van der Waals surface area contributed by atoms with E-state index in [1.807, 2.05) is 19.1 Å². The number of nitrogens with zero attached hydrogens (tertiary/aromatic N) is 2. The van der Waals surface area contributed by atoms with E-state index < -0.39 is 0 Å². The Balaban J connectivity index is 1.89. The van der Waals surface area contributed by atoms with Crippen LogP contribution in [-0.4, -0.2) is 35.4 Å². The highest BCUT2D eigenvalue weighted by Gasteiger charge is 2.24. The molecule has 1 aromatic rings. The number of aromatic nitrogens is 1. The number of anilines is 1. The molecule has 0 unspecified atom stereocenters. The van der Waals surface area contributed by atoms with Crippen LogP contribution in [0, 0.1) is 25.2 Å². The van der Waals surface area contributed by atoms with Gasteiger partial charge in [0.15, 0.2) is 0 Å². The van der Waals surface area contributed by atoms with Crippen LogP contribution in [0.25, 0.3) is 0 Å². The fraction of sp³-hybridized carbons (Fsp3) is 0.467. The molecule has 2 rings (SSSR count). The van der Waals surface area contributed by atoms with Crippen molar-refractivity contribution in [2.24, 2.45) is 5.92 Å². The van der Waals surface area contributed by atoms with Gasteiger partial charge in [-0.05, 0) is 60.9 Å². The molecule has 1 saturated heterocycles. The molecule has 0 aliphatic carbocycles. The summed E-state index contributed by atoms with van der Waals surface area (Å²) >= 11 is 3.40. The van der Waals surface area contributed by atoms with E-state index in [9.17, 15) is 4.79 Å². The highest BCUT2D eigenvalue weighted by molar-refractivity contribution is 9.10. The van der Waals surface area contributed by atoms with Gasteiger partial charge in [-0.15, -0.1) is 6.42 Å². The first-order chi connectivity index (χ1) is 9.60. The van der Waals surface area contributed by atoms with Crippen LogP contribution in [0.4, 0.5) is 5.82 Å². The van der Waals surface area contributed by atoms with Gasteiger partial charge in [0.2, 0.25) is 5.91 Å². The van der Waals surface area contributed by atoms with Crippen molar-refractivity contribution >= 4 is 27.7 Å². The molecule has 1 aliphatic heterocycles. The summed E-state index contributed by atoms with van der Waals surface area (Å²) < 4.78 is 0.943. The Hall–Kier alpha value is -1.38. The molecule has 20 heavy (non-hydrogen) atoms.